The summed E-state index contributed by atoms with van der Waals surface area (Å²) in [5.41, 5.74) is 6.55. The summed E-state index contributed by atoms with van der Waals surface area (Å²) in [5, 5.41) is 0. The molecule has 0 aliphatic carbocycles. The Kier molecular flexibility index (Phi) is 4.77. The molecule has 6 nitrogen and oxygen atoms in total. The lowest BCUT2D eigenvalue weighted by molar-refractivity contribution is -0.0170. The molecule has 2 rings (SSSR count). The summed E-state index contributed by atoms with van der Waals surface area (Å²) in [6.45, 7) is 8.90. The zero-order valence-corrected chi connectivity index (χ0v) is 13.9. The normalized spacial score (nSPS) is 24.7. The van der Waals surface area contributed by atoms with Gasteiger partial charge >= 0.3 is 0 Å². The van der Waals surface area contributed by atoms with E-state index in [-0.39, 0.29) is 18.2 Å². The number of hydrogen-bond acceptors (Lipinski definition) is 4. The third-order valence-electron chi connectivity index (χ3n) is 3.83. The van der Waals surface area contributed by atoms with Gasteiger partial charge in [-0.15, -0.1) is 0 Å². The van der Waals surface area contributed by atoms with E-state index in [1.165, 1.54) is 4.31 Å². The Morgan fingerprint density at radius 3 is 2.62 bits per heavy atom. The SMILES string of the molecule is CC1CN(S(=O)(=O)c2cc(CN)n(C(C)C)c2)C(C)CO1. The molecule has 2 atom stereocenters. The molecular weight excluding hydrogens is 290 g/mol. The average Bonchev–Trinajstić information content (AvgIpc) is 2.86. The van der Waals surface area contributed by atoms with Crippen LogP contribution >= 0.6 is 0 Å². The second-order valence-electron chi connectivity index (χ2n) is 5.94. The molecule has 0 aromatic carbocycles. The predicted molar refractivity (Wildman–Crippen MR) is 81.5 cm³/mol. The zero-order valence-electron chi connectivity index (χ0n) is 13.1. The number of hydrogen-bond donors (Lipinski definition) is 1. The van der Waals surface area contributed by atoms with Crippen molar-refractivity contribution in [1.82, 2.24) is 8.87 Å². The van der Waals surface area contributed by atoms with Crippen molar-refractivity contribution in [3.05, 3.63) is 18.0 Å². The van der Waals surface area contributed by atoms with Gasteiger partial charge in [0.2, 0.25) is 10.0 Å². The van der Waals surface area contributed by atoms with Gasteiger partial charge in [-0.1, -0.05) is 0 Å². The second-order valence-corrected chi connectivity index (χ2v) is 7.83. The second kappa shape index (κ2) is 6.08. The lowest BCUT2D eigenvalue weighted by atomic mass is 10.2. The molecule has 0 amide bonds. The first kappa shape index (κ1) is 16.5. The highest BCUT2D eigenvalue weighted by Gasteiger charge is 2.35. The maximum Gasteiger partial charge on any atom is 0.245 e. The minimum atomic E-state index is -3.51. The number of nitrogens with zero attached hydrogens (tertiary/aromatic N) is 2. The summed E-state index contributed by atoms with van der Waals surface area (Å²) in [6.07, 6.45) is 1.60. The molecule has 0 radical (unpaired) electrons. The fraction of sp³-hybridized carbons (Fsp3) is 0.714. The van der Waals surface area contributed by atoms with Gasteiger partial charge in [0.15, 0.2) is 0 Å². The smallest absolute Gasteiger partial charge is 0.245 e. The van der Waals surface area contributed by atoms with E-state index in [4.69, 9.17) is 10.5 Å². The van der Waals surface area contributed by atoms with E-state index < -0.39 is 10.0 Å². The van der Waals surface area contributed by atoms with Gasteiger partial charge in [-0.3, -0.25) is 0 Å². The van der Waals surface area contributed by atoms with Gasteiger partial charge in [-0.05, 0) is 33.8 Å². The van der Waals surface area contributed by atoms with Crippen LogP contribution in [0.1, 0.15) is 39.4 Å². The van der Waals surface area contributed by atoms with Crippen molar-refractivity contribution in [3.8, 4) is 0 Å². The van der Waals surface area contributed by atoms with Gasteiger partial charge < -0.3 is 15.0 Å². The van der Waals surface area contributed by atoms with Crippen LogP contribution in [-0.2, 0) is 21.3 Å². The Morgan fingerprint density at radius 1 is 1.43 bits per heavy atom. The zero-order chi connectivity index (χ0) is 15.8. The number of rotatable bonds is 4. The molecule has 2 heterocycles. The van der Waals surface area contributed by atoms with Crippen molar-refractivity contribution in [2.24, 2.45) is 5.73 Å². The van der Waals surface area contributed by atoms with Crippen LogP contribution in [0.15, 0.2) is 17.2 Å². The molecule has 1 fully saturated rings. The number of nitrogens with two attached hydrogens (primary N) is 1. The van der Waals surface area contributed by atoms with Crippen molar-refractivity contribution in [2.75, 3.05) is 13.2 Å². The molecule has 1 aromatic rings. The largest absolute Gasteiger partial charge is 0.375 e. The lowest BCUT2D eigenvalue weighted by Crippen LogP contribution is -2.49. The van der Waals surface area contributed by atoms with Crippen molar-refractivity contribution < 1.29 is 13.2 Å². The molecule has 120 valence electrons. The van der Waals surface area contributed by atoms with Crippen LogP contribution in [0.3, 0.4) is 0 Å². The van der Waals surface area contributed by atoms with Gasteiger partial charge in [-0.25, -0.2) is 8.42 Å². The molecule has 7 heteroatoms. The highest BCUT2D eigenvalue weighted by Crippen LogP contribution is 2.25. The summed E-state index contributed by atoms with van der Waals surface area (Å²) in [6, 6.07) is 1.70. The van der Waals surface area contributed by atoms with Crippen LogP contribution < -0.4 is 5.73 Å². The standard InChI is InChI=1S/C14H25N3O3S/c1-10(2)16-8-14(5-13(16)6-15)21(18,19)17-7-12(4)20-9-11(17)3/h5,8,10-12H,6-7,9,15H2,1-4H3. The molecule has 0 spiro atoms. The van der Waals surface area contributed by atoms with E-state index in [2.05, 4.69) is 0 Å². The Labute approximate surface area is 126 Å². The Hall–Kier alpha value is -0.890. The van der Waals surface area contributed by atoms with E-state index in [1.54, 1.807) is 12.3 Å². The molecule has 21 heavy (non-hydrogen) atoms. The number of ether oxygens (including phenoxy) is 1. The average molecular weight is 315 g/mol. The Morgan fingerprint density at radius 2 is 2.10 bits per heavy atom. The lowest BCUT2D eigenvalue weighted by Gasteiger charge is -2.35. The monoisotopic (exact) mass is 315 g/mol. The summed E-state index contributed by atoms with van der Waals surface area (Å²) < 4.78 is 34.7. The van der Waals surface area contributed by atoms with Gasteiger partial charge in [0.1, 0.15) is 4.90 Å². The van der Waals surface area contributed by atoms with Gasteiger partial charge in [-0.2, -0.15) is 4.31 Å². The summed E-state index contributed by atoms with van der Waals surface area (Å²) >= 11 is 0. The molecule has 1 aliphatic heterocycles. The van der Waals surface area contributed by atoms with Crippen molar-refractivity contribution >= 4 is 10.0 Å². The Bertz CT molecular complexity index is 595. The van der Waals surface area contributed by atoms with Crippen LogP contribution in [-0.4, -0.2) is 42.6 Å². The van der Waals surface area contributed by atoms with E-state index in [9.17, 15) is 8.42 Å². The van der Waals surface area contributed by atoms with Crippen LogP contribution in [0.4, 0.5) is 0 Å². The van der Waals surface area contributed by atoms with E-state index >= 15 is 0 Å². The minimum Gasteiger partial charge on any atom is -0.375 e. The van der Waals surface area contributed by atoms with Gasteiger partial charge in [0.05, 0.1) is 12.7 Å². The van der Waals surface area contributed by atoms with E-state index in [1.807, 2.05) is 32.3 Å². The maximum absolute atomic E-state index is 12.9. The number of sulfonamides is 1. The first-order valence-electron chi connectivity index (χ1n) is 7.31. The summed E-state index contributed by atoms with van der Waals surface area (Å²) in [4.78, 5) is 0.317. The molecule has 0 bridgehead atoms. The first-order chi connectivity index (χ1) is 9.77. The van der Waals surface area contributed by atoms with Crippen LogP contribution in [0, 0.1) is 0 Å². The van der Waals surface area contributed by atoms with Crippen LogP contribution in [0.2, 0.25) is 0 Å². The molecule has 2 unspecified atom stereocenters. The Balaban J connectivity index is 2.39. The third-order valence-corrected chi connectivity index (χ3v) is 5.77. The van der Waals surface area contributed by atoms with Gasteiger partial charge in [0.25, 0.3) is 0 Å². The molecule has 1 saturated heterocycles. The van der Waals surface area contributed by atoms with Crippen molar-refractivity contribution in [2.45, 2.75) is 57.3 Å². The van der Waals surface area contributed by atoms with E-state index in [0.717, 1.165) is 5.69 Å². The topological polar surface area (TPSA) is 77.6 Å². The maximum atomic E-state index is 12.9. The molecular formula is C14H25N3O3S. The van der Waals surface area contributed by atoms with Crippen molar-refractivity contribution in [3.63, 3.8) is 0 Å². The summed E-state index contributed by atoms with van der Waals surface area (Å²) in [5.74, 6) is 0. The van der Waals surface area contributed by atoms with Crippen LogP contribution in [0.25, 0.3) is 0 Å². The molecule has 2 N–H and O–H groups in total. The fourth-order valence-corrected chi connectivity index (χ4v) is 4.37. The summed E-state index contributed by atoms with van der Waals surface area (Å²) in [7, 11) is -3.51. The highest BCUT2D eigenvalue weighted by atomic mass is 32.2. The molecule has 0 saturated carbocycles. The highest BCUT2D eigenvalue weighted by molar-refractivity contribution is 7.89. The quantitative estimate of drug-likeness (QED) is 0.909. The first-order valence-corrected chi connectivity index (χ1v) is 8.75. The molecule has 1 aliphatic rings. The fourth-order valence-electron chi connectivity index (χ4n) is 2.63. The van der Waals surface area contributed by atoms with Gasteiger partial charge in [0, 0.05) is 37.1 Å². The number of aromatic nitrogens is 1. The molecule has 1 aromatic heterocycles. The van der Waals surface area contributed by atoms with Crippen molar-refractivity contribution in [1.29, 1.82) is 0 Å². The minimum absolute atomic E-state index is 0.0860. The van der Waals surface area contributed by atoms with Crippen LogP contribution in [0.5, 0.6) is 0 Å². The third kappa shape index (κ3) is 3.15. The number of morpholine rings is 1. The van der Waals surface area contributed by atoms with E-state index in [0.29, 0.717) is 24.6 Å². The predicted octanol–water partition coefficient (Wildman–Crippen LogP) is 1.33.